The molecule has 1 rings (SSSR count). The molecule has 0 saturated carbocycles. The van der Waals surface area contributed by atoms with E-state index in [1.165, 1.54) is 6.08 Å². The summed E-state index contributed by atoms with van der Waals surface area (Å²) in [5.74, 6) is -2.46. The third kappa shape index (κ3) is 4.16. The molecule has 0 aromatic heterocycles. The van der Waals surface area contributed by atoms with Crippen LogP contribution in [-0.2, 0) is 0 Å². The van der Waals surface area contributed by atoms with E-state index >= 15 is 0 Å². The molecule has 6 heteroatoms. The Morgan fingerprint density at radius 3 is 2.45 bits per heavy atom. The molecule has 0 saturated heterocycles. The minimum Gasteiger partial charge on any atom is -0.206 e. The first-order chi connectivity index (χ1) is 10.3. The van der Waals surface area contributed by atoms with Gasteiger partial charge in [-0.15, -0.1) is 0 Å². The molecule has 0 heterocycles. The number of nitrogens with zero attached hydrogens (tertiary/aromatic N) is 1. The summed E-state index contributed by atoms with van der Waals surface area (Å²) in [6.07, 6.45) is 2.76. The third-order valence-electron chi connectivity index (χ3n) is 2.83. The lowest BCUT2D eigenvalue weighted by Crippen LogP contribution is -1.93. The first kappa shape index (κ1) is 18.3. The number of rotatable bonds is 4. The fourth-order valence-corrected chi connectivity index (χ4v) is 1.90. The lowest BCUT2D eigenvalue weighted by molar-refractivity contribution is 0.597. The zero-order chi connectivity index (χ0) is 16.9. The van der Waals surface area contributed by atoms with Crippen LogP contribution in [0.15, 0.2) is 40.7 Å². The number of hydrogen-bond donors (Lipinski definition) is 0. The summed E-state index contributed by atoms with van der Waals surface area (Å²) in [7, 11) is 0. The standard InChI is InChI=1S/C16H12Cl2F3N/c1-3-9(16(21)12(17)4-2)5-10(8-22)11-6-15(20)13(18)7-14(11)19/h3,5-7H,4H2,1-2H3/b9-3-,10-5+,16-12-. The predicted molar refractivity (Wildman–Crippen MR) is 83.0 cm³/mol. The van der Waals surface area contributed by atoms with Crippen LogP contribution in [0, 0.1) is 23.0 Å². The average molecular weight is 346 g/mol. The lowest BCUT2D eigenvalue weighted by atomic mass is 10.0. The SMILES string of the molecule is C/C=C(/C=C(\C#N)c1cc(F)c(Cl)cc1F)C(\F)=C(\Cl)CC. The Hall–Kier alpha value is -1.70. The van der Waals surface area contributed by atoms with Crippen molar-refractivity contribution >= 4 is 28.8 Å². The van der Waals surface area contributed by atoms with Crippen LogP contribution in [0.2, 0.25) is 5.02 Å². The quantitative estimate of drug-likeness (QED) is 0.356. The molecule has 0 N–H and O–H groups in total. The first-order valence-corrected chi connectivity index (χ1v) is 7.08. The van der Waals surface area contributed by atoms with E-state index in [4.69, 9.17) is 28.5 Å². The van der Waals surface area contributed by atoms with Crippen LogP contribution >= 0.6 is 23.2 Å². The van der Waals surface area contributed by atoms with Gasteiger partial charge in [0.15, 0.2) is 0 Å². The van der Waals surface area contributed by atoms with E-state index < -0.39 is 22.5 Å². The highest BCUT2D eigenvalue weighted by atomic mass is 35.5. The summed E-state index contributed by atoms with van der Waals surface area (Å²) in [5.41, 5.74) is -0.529. The Labute approximate surface area is 137 Å². The van der Waals surface area contributed by atoms with Gasteiger partial charge in [0.25, 0.3) is 0 Å². The number of hydrogen-bond acceptors (Lipinski definition) is 1. The fourth-order valence-electron chi connectivity index (χ4n) is 1.64. The smallest absolute Gasteiger partial charge is 0.144 e. The van der Waals surface area contributed by atoms with Gasteiger partial charge >= 0.3 is 0 Å². The van der Waals surface area contributed by atoms with E-state index in [1.807, 2.05) is 0 Å². The minimum atomic E-state index is -0.874. The third-order valence-corrected chi connectivity index (χ3v) is 3.56. The van der Waals surface area contributed by atoms with E-state index in [1.54, 1.807) is 19.9 Å². The Morgan fingerprint density at radius 1 is 1.32 bits per heavy atom. The number of nitriles is 1. The summed E-state index contributed by atoms with van der Waals surface area (Å²) in [6, 6.07) is 3.28. The highest BCUT2D eigenvalue weighted by Crippen LogP contribution is 2.29. The maximum absolute atomic E-state index is 14.1. The predicted octanol–water partition coefficient (Wildman–Crippen LogP) is 6.30. The molecule has 0 aliphatic rings. The van der Waals surface area contributed by atoms with Gasteiger partial charge in [-0.05, 0) is 31.6 Å². The second-order valence-corrected chi connectivity index (χ2v) is 5.10. The maximum atomic E-state index is 14.1. The van der Waals surface area contributed by atoms with Crippen molar-refractivity contribution in [3.63, 3.8) is 0 Å². The van der Waals surface area contributed by atoms with E-state index in [2.05, 4.69) is 0 Å². The number of allylic oxidation sites excluding steroid dienone is 6. The van der Waals surface area contributed by atoms with Crippen LogP contribution in [0.25, 0.3) is 5.57 Å². The van der Waals surface area contributed by atoms with E-state index in [9.17, 15) is 13.2 Å². The van der Waals surface area contributed by atoms with Crippen molar-refractivity contribution in [2.75, 3.05) is 0 Å². The summed E-state index contributed by atoms with van der Waals surface area (Å²) in [6.45, 7) is 3.21. The molecular weight excluding hydrogens is 334 g/mol. The first-order valence-electron chi connectivity index (χ1n) is 6.33. The Morgan fingerprint density at radius 2 is 1.95 bits per heavy atom. The zero-order valence-corrected chi connectivity index (χ0v) is 13.4. The minimum absolute atomic E-state index is 0.0122. The van der Waals surface area contributed by atoms with Gasteiger partial charge in [-0.25, -0.2) is 13.2 Å². The molecule has 1 aromatic carbocycles. The van der Waals surface area contributed by atoms with Crippen LogP contribution in [0.5, 0.6) is 0 Å². The molecule has 0 radical (unpaired) electrons. The van der Waals surface area contributed by atoms with E-state index in [0.29, 0.717) is 0 Å². The highest BCUT2D eigenvalue weighted by Gasteiger charge is 2.14. The molecule has 0 atom stereocenters. The van der Waals surface area contributed by atoms with Crippen LogP contribution in [-0.4, -0.2) is 0 Å². The number of benzene rings is 1. The van der Waals surface area contributed by atoms with Crippen molar-refractivity contribution in [2.45, 2.75) is 20.3 Å². The fraction of sp³-hybridized carbons (Fsp3) is 0.188. The molecule has 1 aromatic rings. The van der Waals surface area contributed by atoms with Gasteiger partial charge in [0.2, 0.25) is 0 Å². The van der Waals surface area contributed by atoms with Gasteiger partial charge in [-0.1, -0.05) is 36.2 Å². The molecule has 0 aliphatic carbocycles. The van der Waals surface area contributed by atoms with Gasteiger partial charge in [0.1, 0.15) is 17.5 Å². The Bertz CT molecular complexity index is 713. The molecule has 1 nitrogen and oxygen atoms in total. The number of halogens is 5. The van der Waals surface area contributed by atoms with Gasteiger partial charge in [-0.2, -0.15) is 5.26 Å². The van der Waals surface area contributed by atoms with Crippen molar-refractivity contribution in [1.29, 1.82) is 5.26 Å². The molecular formula is C16H12Cl2F3N. The molecule has 0 bridgehead atoms. The molecule has 0 fully saturated rings. The van der Waals surface area contributed by atoms with Crippen molar-refractivity contribution < 1.29 is 13.2 Å². The van der Waals surface area contributed by atoms with Crippen molar-refractivity contribution in [2.24, 2.45) is 0 Å². The normalized spacial score (nSPS) is 13.7. The van der Waals surface area contributed by atoms with E-state index in [-0.39, 0.29) is 28.2 Å². The van der Waals surface area contributed by atoms with Crippen LogP contribution < -0.4 is 0 Å². The largest absolute Gasteiger partial charge is 0.206 e. The van der Waals surface area contributed by atoms with Gasteiger partial charge in [-0.3, -0.25) is 0 Å². The Balaban J connectivity index is 3.44. The molecule has 0 amide bonds. The highest BCUT2D eigenvalue weighted by molar-refractivity contribution is 6.30. The van der Waals surface area contributed by atoms with Crippen molar-refractivity contribution in [1.82, 2.24) is 0 Å². The van der Waals surface area contributed by atoms with Gasteiger partial charge in [0.05, 0.1) is 21.7 Å². The van der Waals surface area contributed by atoms with Crippen LogP contribution in [0.4, 0.5) is 13.2 Å². The van der Waals surface area contributed by atoms with Crippen LogP contribution in [0.3, 0.4) is 0 Å². The van der Waals surface area contributed by atoms with Crippen LogP contribution in [0.1, 0.15) is 25.8 Å². The second-order valence-electron chi connectivity index (χ2n) is 4.23. The van der Waals surface area contributed by atoms with Crippen molar-refractivity contribution in [3.8, 4) is 6.07 Å². The van der Waals surface area contributed by atoms with E-state index in [0.717, 1.165) is 18.2 Å². The molecule has 0 aliphatic heterocycles. The summed E-state index contributed by atoms with van der Waals surface area (Å²) < 4.78 is 41.4. The molecule has 0 spiro atoms. The van der Waals surface area contributed by atoms with Crippen molar-refractivity contribution in [3.05, 3.63) is 62.9 Å². The monoisotopic (exact) mass is 345 g/mol. The molecule has 0 unspecified atom stereocenters. The molecule has 22 heavy (non-hydrogen) atoms. The molecule has 116 valence electrons. The summed E-state index contributed by atoms with van der Waals surface area (Å²) in [4.78, 5) is 0. The Kier molecular flexibility index (Phi) is 6.73. The lowest BCUT2D eigenvalue weighted by Gasteiger charge is -2.06. The second kappa shape index (κ2) is 8.07. The van der Waals surface area contributed by atoms with Gasteiger partial charge < -0.3 is 0 Å². The zero-order valence-electron chi connectivity index (χ0n) is 11.9. The average Bonchev–Trinajstić information content (AvgIpc) is 2.51. The maximum Gasteiger partial charge on any atom is 0.144 e. The topological polar surface area (TPSA) is 23.8 Å². The summed E-state index contributed by atoms with van der Waals surface area (Å²) in [5, 5.41) is 8.73. The summed E-state index contributed by atoms with van der Waals surface area (Å²) >= 11 is 11.2. The van der Waals surface area contributed by atoms with Gasteiger partial charge in [0, 0.05) is 11.1 Å².